The zero-order valence-electron chi connectivity index (χ0n) is 13.6. The summed E-state index contributed by atoms with van der Waals surface area (Å²) < 4.78 is 9.71. The molecule has 1 rings (SSSR count). The fraction of sp³-hybridized carbons (Fsp3) is 0.412. The van der Waals surface area contributed by atoms with Crippen molar-refractivity contribution in [1.29, 1.82) is 0 Å². The van der Waals surface area contributed by atoms with Crippen molar-refractivity contribution in [2.24, 2.45) is 11.8 Å². The number of nitrogens with zero attached hydrogens (tertiary/aromatic N) is 1. The minimum atomic E-state index is -1.45. The summed E-state index contributed by atoms with van der Waals surface area (Å²) in [5.41, 5.74) is 0.623. The minimum Gasteiger partial charge on any atom is -0.465 e. The van der Waals surface area contributed by atoms with Gasteiger partial charge >= 0.3 is 11.9 Å². The number of carbonyl (C=O) groups excluding carboxylic acids is 2. The van der Waals surface area contributed by atoms with Crippen LogP contribution < -0.4 is 0 Å². The lowest BCUT2D eigenvalue weighted by Crippen LogP contribution is -2.37. The third-order valence-corrected chi connectivity index (χ3v) is 3.00. The van der Waals surface area contributed by atoms with Crippen molar-refractivity contribution in [2.75, 3.05) is 19.8 Å². The Bertz CT molecular complexity index is 613. The molecule has 0 aliphatic rings. The van der Waals surface area contributed by atoms with Gasteiger partial charge in [-0.05, 0) is 26.0 Å². The Labute approximate surface area is 140 Å². The van der Waals surface area contributed by atoms with E-state index in [4.69, 9.17) is 9.47 Å². The summed E-state index contributed by atoms with van der Waals surface area (Å²) in [6, 6.07) is 8.78. The molecule has 0 fully saturated rings. The topological polar surface area (TPSA) is 95.7 Å². The zero-order valence-corrected chi connectivity index (χ0v) is 13.6. The van der Waals surface area contributed by atoms with E-state index in [1.807, 2.05) is 0 Å². The van der Waals surface area contributed by atoms with Gasteiger partial charge in [-0.15, -0.1) is 0 Å². The predicted molar refractivity (Wildman–Crippen MR) is 85.4 cm³/mol. The molecule has 0 spiro atoms. The Hall–Kier alpha value is -2.88. The Balaban J connectivity index is 3.16. The number of hydrogen-bond donors (Lipinski definition) is 0. The molecule has 0 heterocycles. The van der Waals surface area contributed by atoms with E-state index in [-0.39, 0.29) is 13.2 Å². The molecule has 0 unspecified atom stereocenters. The summed E-state index contributed by atoms with van der Waals surface area (Å²) in [5, 5.41) is 10.9. The largest absolute Gasteiger partial charge is 0.465 e. The van der Waals surface area contributed by atoms with Gasteiger partial charge in [-0.25, -0.2) is 0 Å². The number of benzene rings is 1. The summed E-state index contributed by atoms with van der Waals surface area (Å²) in [7, 11) is 0. The molecular formula is C17H19NO6. The summed E-state index contributed by atoms with van der Waals surface area (Å²) in [6.45, 7) is 2.59. The minimum absolute atomic E-state index is 0.0477. The van der Waals surface area contributed by atoms with Gasteiger partial charge < -0.3 is 9.47 Å². The molecule has 24 heavy (non-hydrogen) atoms. The summed E-state index contributed by atoms with van der Waals surface area (Å²) in [6.07, 6.45) is 0. The van der Waals surface area contributed by atoms with Crippen LogP contribution in [0.2, 0.25) is 0 Å². The van der Waals surface area contributed by atoms with Gasteiger partial charge in [0.25, 0.3) is 0 Å². The molecule has 1 aromatic carbocycles. The average molecular weight is 333 g/mol. The standard InChI is InChI=1S/C17H19NO6/c1-3-23-16(19)15(17(20)24-4-2)14(12-18(21)22)11-10-13-8-6-5-7-9-13/h5-9,14-15H,3-4,12H2,1-2H3/t14-/m1/s1. The molecule has 0 saturated heterocycles. The highest BCUT2D eigenvalue weighted by Gasteiger charge is 2.39. The van der Waals surface area contributed by atoms with Crippen molar-refractivity contribution in [3.63, 3.8) is 0 Å². The van der Waals surface area contributed by atoms with Gasteiger partial charge in [-0.2, -0.15) is 0 Å². The number of rotatable bonds is 7. The van der Waals surface area contributed by atoms with Crippen molar-refractivity contribution >= 4 is 11.9 Å². The number of ether oxygens (including phenoxy) is 2. The zero-order chi connectivity index (χ0) is 17.9. The normalized spacial score (nSPS) is 11.1. The lowest BCUT2D eigenvalue weighted by molar-refractivity contribution is -0.486. The molecule has 0 amide bonds. The lowest BCUT2D eigenvalue weighted by atomic mass is 9.92. The van der Waals surface area contributed by atoms with Crippen LogP contribution in [0.5, 0.6) is 0 Å². The molecule has 0 N–H and O–H groups in total. The molecule has 1 aromatic rings. The van der Waals surface area contributed by atoms with Crippen molar-refractivity contribution < 1.29 is 24.0 Å². The molecule has 0 aromatic heterocycles. The molecule has 1 atom stereocenters. The fourth-order valence-electron chi connectivity index (χ4n) is 1.98. The van der Waals surface area contributed by atoms with E-state index in [0.29, 0.717) is 5.56 Å². The highest BCUT2D eigenvalue weighted by molar-refractivity contribution is 5.95. The maximum absolute atomic E-state index is 12.1. The first-order chi connectivity index (χ1) is 11.5. The molecule has 7 heteroatoms. The van der Waals surface area contributed by atoms with Crippen LogP contribution in [0.15, 0.2) is 30.3 Å². The van der Waals surface area contributed by atoms with E-state index < -0.39 is 35.2 Å². The van der Waals surface area contributed by atoms with E-state index in [2.05, 4.69) is 11.8 Å². The van der Waals surface area contributed by atoms with E-state index in [9.17, 15) is 19.7 Å². The van der Waals surface area contributed by atoms with Crippen LogP contribution in [-0.2, 0) is 19.1 Å². The first-order valence-electron chi connectivity index (χ1n) is 7.51. The number of esters is 2. The van der Waals surface area contributed by atoms with Crippen molar-refractivity contribution in [3.8, 4) is 11.8 Å². The molecule has 0 bridgehead atoms. The molecule has 0 aliphatic carbocycles. The number of carbonyl (C=O) groups is 2. The molecule has 0 saturated carbocycles. The highest BCUT2D eigenvalue weighted by Crippen LogP contribution is 2.17. The molecule has 128 valence electrons. The van der Waals surface area contributed by atoms with Crippen LogP contribution in [0.4, 0.5) is 0 Å². The Morgan fingerprint density at radius 3 is 2.12 bits per heavy atom. The van der Waals surface area contributed by atoms with Gasteiger partial charge in [0.15, 0.2) is 5.92 Å². The first-order valence-corrected chi connectivity index (χ1v) is 7.51. The van der Waals surface area contributed by atoms with Gasteiger partial charge in [0.1, 0.15) is 5.92 Å². The maximum atomic E-state index is 12.1. The fourth-order valence-corrected chi connectivity index (χ4v) is 1.98. The van der Waals surface area contributed by atoms with Gasteiger partial charge in [-0.1, -0.05) is 30.0 Å². The SMILES string of the molecule is CCOC(=O)C(C(=O)OCC)[C@H](C#Cc1ccccc1)C[N+](=O)[O-]. The maximum Gasteiger partial charge on any atom is 0.321 e. The number of hydrogen-bond acceptors (Lipinski definition) is 6. The Kier molecular flexibility index (Phi) is 7.99. The Morgan fingerprint density at radius 2 is 1.67 bits per heavy atom. The van der Waals surface area contributed by atoms with Gasteiger partial charge in [-0.3, -0.25) is 19.7 Å². The smallest absolute Gasteiger partial charge is 0.321 e. The number of nitro groups is 1. The van der Waals surface area contributed by atoms with Crippen molar-refractivity contribution in [1.82, 2.24) is 0 Å². The van der Waals surface area contributed by atoms with Gasteiger partial charge in [0.2, 0.25) is 6.54 Å². The van der Waals surface area contributed by atoms with E-state index in [1.54, 1.807) is 44.2 Å². The van der Waals surface area contributed by atoms with E-state index in [0.717, 1.165) is 0 Å². The molecular weight excluding hydrogens is 314 g/mol. The predicted octanol–water partition coefficient (Wildman–Crippen LogP) is 1.67. The average Bonchev–Trinajstić information content (AvgIpc) is 2.53. The van der Waals surface area contributed by atoms with E-state index >= 15 is 0 Å². The first kappa shape index (κ1) is 19.2. The summed E-state index contributed by atoms with van der Waals surface area (Å²) >= 11 is 0. The van der Waals surface area contributed by atoms with Gasteiger partial charge in [0, 0.05) is 10.5 Å². The third kappa shape index (κ3) is 6.08. The van der Waals surface area contributed by atoms with Crippen LogP contribution in [0.3, 0.4) is 0 Å². The van der Waals surface area contributed by atoms with Crippen LogP contribution in [0, 0.1) is 33.8 Å². The van der Waals surface area contributed by atoms with Crippen molar-refractivity contribution in [3.05, 3.63) is 46.0 Å². The van der Waals surface area contributed by atoms with E-state index in [1.165, 1.54) is 0 Å². The summed E-state index contributed by atoms with van der Waals surface area (Å²) in [4.78, 5) is 34.5. The lowest BCUT2D eigenvalue weighted by Gasteiger charge is -2.17. The highest BCUT2D eigenvalue weighted by atomic mass is 16.6. The summed E-state index contributed by atoms with van der Waals surface area (Å²) in [5.74, 6) is 1.07. The molecule has 0 aliphatic heterocycles. The quantitative estimate of drug-likeness (QED) is 0.248. The van der Waals surface area contributed by atoms with Gasteiger partial charge in [0.05, 0.1) is 13.2 Å². The van der Waals surface area contributed by atoms with Crippen molar-refractivity contribution in [2.45, 2.75) is 13.8 Å². The van der Waals surface area contributed by atoms with Crippen LogP contribution in [-0.4, -0.2) is 36.6 Å². The van der Waals surface area contributed by atoms with Crippen LogP contribution in [0.25, 0.3) is 0 Å². The molecule has 7 nitrogen and oxygen atoms in total. The monoisotopic (exact) mass is 333 g/mol. The van der Waals surface area contributed by atoms with Crippen LogP contribution >= 0.6 is 0 Å². The molecule has 0 radical (unpaired) electrons. The third-order valence-electron chi connectivity index (χ3n) is 3.00. The van der Waals surface area contributed by atoms with Crippen LogP contribution in [0.1, 0.15) is 19.4 Å². The Morgan fingerprint density at radius 1 is 1.12 bits per heavy atom. The second-order valence-corrected chi connectivity index (χ2v) is 4.74. The second-order valence-electron chi connectivity index (χ2n) is 4.74. The second kappa shape index (κ2) is 10.0.